The summed E-state index contributed by atoms with van der Waals surface area (Å²) in [7, 11) is 1.42. The van der Waals surface area contributed by atoms with E-state index in [0.717, 1.165) is 10.5 Å². The van der Waals surface area contributed by atoms with E-state index in [-0.39, 0.29) is 106 Å². The van der Waals surface area contributed by atoms with Crippen molar-refractivity contribution in [3.63, 3.8) is 0 Å². The number of benzene rings is 1. The molecule has 0 saturated heterocycles. The van der Waals surface area contributed by atoms with Gasteiger partial charge in [-0.15, -0.1) is 0 Å². The molecule has 26 heteroatoms. The Bertz CT molecular complexity index is 2820. The fraction of sp³-hybridized carbons (Fsp3) is 0.508. The first-order valence-electron chi connectivity index (χ1n) is 29.6. The third-order valence-electron chi connectivity index (χ3n) is 13.7. The number of amides is 11. The highest BCUT2D eigenvalue weighted by molar-refractivity contribution is 6.29. The highest BCUT2D eigenvalue weighted by Gasteiger charge is 2.33. The van der Waals surface area contributed by atoms with Gasteiger partial charge in [0.25, 0.3) is 11.8 Å². The molecule has 2 heterocycles. The first kappa shape index (κ1) is 74.5. The molecule has 0 radical (unpaired) electrons. The minimum Gasteiger partial charge on any atom is -0.490 e. The molecule has 10 N–H and O–H groups in total. The molecule has 488 valence electrons. The molecule has 0 bridgehead atoms. The molecular formula is C63H89ClN10O15. The summed E-state index contributed by atoms with van der Waals surface area (Å²) in [6.45, 7) is 15.0. The predicted molar refractivity (Wildman–Crippen MR) is 334 cm³/mol. The van der Waals surface area contributed by atoms with Gasteiger partial charge >= 0.3 is 24.2 Å². The van der Waals surface area contributed by atoms with Crippen LogP contribution in [-0.2, 0) is 63.9 Å². The van der Waals surface area contributed by atoms with Crippen molar-refractivity contribution in [3.8, 4) is 0 Å². The molecule has 25 nitrogen and oxygen atoms in total. The van der Waals surface area contributed by atoms with Gasteiger partial charge in [-0.25, -0.2) is 19.2 Å². The normalized spacial score (nSPS) is 16.2. The topological polar surface area (TPSA) is 350 Å². The number of unbranched alkanes of at least 4 members (excludes halogenated alkanes) is 2. The number of nitrogens with zero attached hydrogens (tertiary/aromatic N) is 1. The summed E-state index contributed by atoms with van der Waals surface area (Å²) >= 11 is 6.08. The lowest BCUT2D eigenvalue weighted by Gasteiger charge is -2.29. The number of nitrogens with one attached hydrogen (secondary N) is 8. The summed E-state index contributed by atoms with van der Waals surface area (Å²) in [5.74, 6) is -3.95. The monoisotopic (exact) mass is 1260 g/mol. The number of alkyl carbamates (subject to hydrolysis) is 2. The van der Waals surface area contributed by atoms with Gasteiger partial charge in [0.1, 0.15) is 36.9 Å². The number of anilines is 1. The van der Waals surface area contributed by atoms with E-state index in [9.17, 15) is 52.7 Å². The van der Waals surface area contributed by atoms with E-state index in [4.69, 9.17) is 36.3 Å². The van der Waals surface area contributed by atoms with Crippen LogP contribution >= 0.6 is 11.6 Å². The van der Waals surface area contributed by atoms with Crippen molar-refractivity contribution in [2.24, 2.45) is 23.0 Å². The van der Waals surface area contributed by atoms with Crippen molar-refractivity contribution in [1.82, 2.24) is 42.1 Å². The Hall–Kier alpha value is -8.74. The average Bonchev–Trinajstić information content (AvgIpc) is 4.00. The van der Waals surface area contributed by atoms with Crippen LogP contribution in [-0.4, -0.2) is 134 Å². The molecule has 2 aliphatic heterocycles. The van der Waals surface area contributed by atoms with Crippen molar-refractivity contribution in [2.45, 2.75) is 157 Å². The molecule has 6 unspecified atom stereocenters. The van der Waals surface area contributed by atoms with Crippen molar-refractivity contribution in [3.05, 3.63) is 113 Å². The van der Waals surface area contributed by atoms with Gasteiger partial charge < -0.3 is 67.2 Å². The summed E-state index contributed by atoms with van der Waals surface area (Å²) in [6.07, 6.45) is 18.1. The Labute approximate surface area is 525 Å². The van der Waals surface area contributed by atoms with Crippen LogP contribution in [0.5, 0.6) is 0 Å². The second-order valence-electron chi connectivity index (χ2n) is 22.7. The van der Waals surface area contributed by atoms with Gasteiger partial charge in [0, 0.05) is 86.7 Å². The van der Waals surface area contributed by atoms with E-state index in [1.807, 2.05) is 46.8 Å². The number of urea groups is 1. The number of allylic oxidation sites excluding steroid dienone is 5. The van der Waals surface area contributed by atoms with Crippen LogP contribution < -0.4 is 48.3 Å². The number of carbonyl (C=O) groups excluding carboxylic acids is 11. The predicted octanol–water partition coefficient (Wildman–Crippen LogP) is 6.52. The average molecular weight is 1260 g/mol. The molecule has 0 aromatic heterocycles. The van der Waals surface area contributed by atoms with E-state index in [1.165, 1.54) is 31.5 Å². The quantitative estimate of drug-likeness (QED) is 0.00862. The maximum Gasteiger partial charge on any atom is 0.407 e. The van der Waals surface area contributed by atoms with E-state index in [0.29, 0.717) is 48.4 Å². The molecule has 1 aromatic rings. The van der Waals surface area contributed by atoms with Gasteiger partial charge in [0.05, 0.1) is 7.11 Å². The second-order valence-corrected chi connectivity index (χ2v) is 23.3. The van der Waals surface area contributed by atoms with Crippen molar-refractivity contribution in [2.75, 3.05) is 38.6 Å². The minimum absolute atomic E-state index is 0.0685. The zero-order valence-corrected chi connectivity index (χ0v) is 53.1. The summed E-state index contributed by atoms with van der Waals surface area (Å²) in [5.41, 5.74) is 6.38. The Morgan fingerprint density at radius 3 is 2.09 bits per heavy atom. The Morgan fingerprint density at radius 1 is 0.798 bits per heavy atom. The van der Waals surface area contributed by atoms with Gasteiger partial charge in [-0.1, -0.05) is 114 Å². The third kappa shape index (κ3) is 29.7. The van der Waals surface area contributed by atoms with E-state index < -0.39 is 77.5 Å². The number of primary amides is 1. The lowest BCUT2D eigenvalue weighted by molar-refractivity contribution is -0.151. The summed E-state index contributed by atoms with van der Waals surface area (Å²) in [5, 5.41) is 21.9. The van der Waals surface area contributed by atoms with Crippen LogP contribution in [0.4, 0.5) is 20.1 Å². The number of esters is 1. The van der Waals surface area contributed by atoms with Crippen LogP contribution in [0.2, 0.25) is 0 Å². The van der Waals surface area contributed by atoms with Crippen molar-refractivity contribution >= 4 is 82.8 Å². The molecule has 11 amide bonds. The van der Waals surface area contributed by atoms with Crippen molar-refractivity contribution < 1.29 is 71.7 Å². The zero-order chi connectivity index (χ0) is 66.1. The van der Waals surface area contributed by atoms with Crippen LogP contribution in [0.1, 0.15) is 125 Å². The maximum absolute atomic E-state index is 13.6. The molecule has 6 atom stereocenters. The van der Waals surface area contributed by atoms with Crippen molar-refractivity contribution in [1.29, 1.82) is 0 Å². The maximum atomic E-state index is 13.6. The molecular weight excluding hydrogens is 1170 g/mol. The number of rotatable bonds is 36. The van der Waals surface area contributed by atoms with E-state index >= 15 is 0 Å². The molecule has 89 heavy (non-hydrogen) atoms. The third-order valence-corrected chi connectivity index (χ3v) is 13.8. The smallest absolute Gasteiger partial charge is 0.407 e. The number of ether oxygens (including phenoxy) is 4. The SMILES string of the molecule is COC1=CCC(C(C)C=C(C)C=CC=CC(=O)NC(C(=O)NC=CCC(CC=C(C)Cl)OC(=O)NCCCNC(=O)OCc2ccc(NC(=O)C(CCCNC(N)=O)NC(=O)C(NC(=O)CCCCCN3C(=O)C=CC3=O)C(C)C)cc2)C(C)(C)C)OC1=O. The van der Waals surface area contributed by atoms with Gasteiger partial charge in [-0.05, 0) is 87.3 Å². The first-order valence-corrected chi connectivity index (χ1v) is 30.0. The number of hydrogen-bond acceptors (Lipinski definition) is 15. The summed E-state index contributed by atoms with van der Waals surface area (Å²) in [6, 6.07) is 2.71. The fourth-order valence-corrected chi connectivity index (χ4v) is 8.84. The molecule has 2 aliphatic rings. The highest BCUT2D eigenvalue weighted by atomic mass is 35.5. The first-order chi connectivity index (χ1) is 42.2. The van der Waals surface area contributed by atoms with Crippen LogP contribution in [0, 0.1) is 17.3 Å². The molecule has 0 spiro atoms. The lowest BCUT2D eigenvalue weighted by atomic mass is 9.86. The fourth-order valence-electron chi connectivity index (χ4n) is 8.75. The lowest BCUT2D eigenvalue weighted by Crippen LogP contribution is -2.54. The van der Waals surface area contributed by atoms with Gasteiger partial charge in [0.2, 0.25) is 29.5 Å². The zero-order valence-electron chi connectivity index (χ0n) is 52.3. The Kier molecular flexibility index (Phi) is 32.8. The van der Waals surface area contributed by atoms with Crippen LogP contribution in [0.3, 0.4) is 0 Å². The summed E-state index contributed by atoms with van der Waals surface area (Å²) < 4.78 is 21.5. The molecule has 0 aliphatic carbocycles. The molecule has 0 fully saturated rings. The number of methoxy groups -OCH3 is 1. The van der Waals surface area contributed by atoms with Crippen LogP contribution in [0.25, 0.3) is 0 Å². The van der Waals surface area contributed by atoms with Crippen LogP contribution in [0.15, 0.2) is 108 Å². The van der Waals surface area contributed by atoms with Gasteiger partial charge in [-0.3, -0.25) is 38.5 Å². The second kappa shape index (κ2) is 39.2. The van der Waals surface area contributed by atoms with Gasteiger partial charge in [0.15, 0.2) is 5.76 Å². The molecule has 3 rings (SSSR count). The number of halogens is 1. The Balaban J connectivity index is 1.42. The largest absolute Gasteiger partial charge is 0.490 e. The van der Waals surface area contributed by atoms with Gasteiger partial charge in [-0.2, -0.15) is 0 Å². The summed E-state index contributed by atoms with van der Waals surface area (Å²) in [4.78, 5) is 140. The number of nitrogens with two attached hydrogens (primary N) is 1. The van der Waals surface area contributed by atoms with E-state index in [2.05, 4.69) is 42.5 Å². The molecule has 1 aromatic carbocycles. The number of hydrogen-bond donors (Lipinski definition) is 9. The van der Waals surface area contributed by atoms with E-state index in [1.54, 1.807) is 75.4 Å². The highest BCUT2D eigenvalue weighted by Crippen LogP contribution is 2.24. The number of imide groups is 1. The molecule has 0 saturated carbocycles. The number of cyclic esters (lactones) is 1. The standard InChI is InChI=1S/C63H89ClN10O15/c1-40(2)54(72-50(75)21-11-10-14-37-74-52(77)31-32-53(74)78)57(80)71-47(20-16-34-67-60(65)83)56(79)70-45-26-24-44(25-27-45)39-87-61(84)68-35-17-36-69-62(85)88-46(28-23-43(5)64)19-15-33-66-58(81)55(63(6,7)8)73-51(76)22-13-12-18-41(3)38-42(4)48-29-30-49(86-9)59(82)89-48/h12-13,15,18,22-27,30-33,38,40,42,46-48,54-55H,10-11,14,16-17,19-21,28-29,34-37,39H2,1-9H3,(H,66,81)(H,68,84)(H,69,85)(H,70,79)(H,71,80)(H,72,75)(H,73,76)(H3,65,67,83). The minimum atomic E-state index is -1.08. The number of carbonyl (C=O) groups is 11. The Morgan fingerprint density at radius 2 is 1.46 bits per heavy atom.